The van der Waals surface area contributed by atoms with E-state index in [1.54, 1.807) is 24.4 Å². The summed E-state index contributed by atoms with van der Waals surface area (Å²) in [7, 11) is 1.50. The third-order valence-electron chi connectivity index (χ3n) is 2.63. The quantitative estimate of drug-likeness (QED) is 0.806. The maximum absolute atomic E-state index is 12.0. The van der Waals surface area contributed by atoms with Gasteiger partial charge in [0.05, 0.1) is 12.8 Å². The normalized spacial score (nSPS) is 9.80. The Hall–Kier alpha value is -3.01. The van der Waals surface area contributed by atoms with Crippen molar-refractivity contribution < 1.29 is 9.53 Å². The molecule has 0 fully saturated rings. The summed E-state index contributed by atoms with van der Waals surface area (Å²) in [5.74, 6) is 0.391. The molecule has 7 heteroatoms. The van der Waals surface area contributed by atoms with Crippen LogP contribution in [-0.2, 0) is 11.3 Å². The van der Waals surface area contributed by atoms with Gasteiger partial charge in [-0.15, -0.1) is 0 Å². The molecule has 0 bridgehead atoms. The fourth-order valence-corrected chi connectivity index (χ4v) is 1.72. The molecule has 0 radical (unpaired) electrons. The number of amides is 1. The summed E-state index contributed by atoms with van der Waals surface area (Å²) in [6.45, 7) is -0.0130. The number of rotatable bonds is 4. The maximum atomic E-state index is 12.0. The predicted octanol–water partition coefficient (Wildman–Crippen LogP) is 0.984. The zero-order valence-corrected chi connectivity index (χ0v) is 10.8. The van der Waals surface area contributed by atoms with E-state index in [4.69, 9.17) is 15.7 Å². The van der Waals surface area contributed by atoms with E-state index >= 15 is 0 Å². The highest BCUT2D eigenvalue weighted by molar-refractivity contribution is 5.92. The molecule has 0 aliphatic carbocycles. The van der Waals surface area contributed by atoms with Gasteiger partial charge < -0.3 is 20.4 Å². The highest BCUT2D eigenvalue weighted by Gasteiger charge is 2.10. The molecule has 0 aliphatic heterocycles. The van der Waals surface area contributed by atoms with Gasteiger partial charge in [0.1, 0.15) is 18.4 Å². The maximum Gasteiger partial charge on any atom is 0.244 e. The lowest BCUT2D eigenvalue weighted by atomic mass is 10.2. The van der Waals surface area contributed by atoms with E-state index in [1.807, 2.05) is 6.07 Å². The van der Waals surface area contributed by atoms with Gasteiger partial charge in [0, 0.05) is 18.1 Å². The van der Waals surface area contributed by atoms with Gasteiger partial charge in [0.15, 0.2) is 0 Å². The SMILES string of the molecule is COc1ccc(N)cc1NC(=O)Cn1ccnc1C#N. The van der Waals surface area contributed by atoms with E-state index in [1.165, 1.54) is 17.9 Å². The molecule has 0 atom stereocenters. The van der Waals surface area contributed by atoms with Gasteiger partial charge in [0.2, 0.25) is 11.7 Å². The van der Waals surface area contributed by atoms with Crippen LogP contribution in [0.1, 0.15) is 5.82 Å². The summed E-state index contributed by atoms with van der Waals surface area (Å²) >= 11 is 0. The second-order valence-electron chi connectivity index (χ2n) is 4.00. The number of nitrogens with two attached hydrogens (primary N) is 1. The molecule has 0 unspecified atom stereocenters. The average molecular weight is 271 g/mol. The number of hydrogen-bond acceptors (Lipinski definition) is 5. The molecule has 1 amide bonds. The van der Waals surface area contributed by atoms with Crippen LogP contribution < -0.4 is 15.8 Å². The van der Waals surface area contributed by atoms with Gasteiger partial charge in [-0.1, -0.05) is 0 Å². The summed E-state index contributed by atoms with van der Waals surface area (Å²) in [6.07, 6.45) is 3.03. The molecule has 0 aliphatic rings. The first kappa shape index (κ1) is 13.4. The van der Waals surface area contributed by atoms with E-state index in [0.29, 0.717) is 17.1 Å². The summed E-state index contributed by atoms with van der Waals surface area (Å²) in [5, 5.41) is 11.5. The van der Waals surface area contributed by atoms with Crippen molar-refractivity contribution in [3.05, 3.63) is 36.4 Å². The Morgan fingerprint density at radius 1 is 1.60 bits per heavy atom. The molecular formula is C13H13N5O2. The van der Waals surface area contributed by atoms with Gasteiger partial charge in [-0.25, -0.2) is 4.98 Å². The summed E-state index contributed by atoms with van der Waals surface area (Å²) < 4.78 is 6.59. The molecular weight excluding hydrogens is 258 g/mol. The van der Waals surface area contributed by atoms with Crippen molar-refractivity contribution in [1.29, 1.82) is 5.26 Å². The lowest BCUT2D eigenvalue weighted by molar-refractivity contribution is -0.116. The first-order chi connectivity index (χ1) is 9.63. The third kappa shape index (κ3) is 2.87. The summed E-state index contributed by atoms with van der Waals surface area (Å²) in [5.41, 5.74) is 6.67. The molecule has 20 heavy (non-hydrogen) atoms. The monoisotopic (exact) mass is 271 g/mol. The summed E-state index contributed by atoms with van der Waals surface area (Å²) in [6, 6.07) is 6.86. The van der Waals surface area contributed by atoms with E-state index < -0.39 is 0 Å². The number of aromatic nitrogens is 2. The third-order valence-corrected chi connectivity index (χ3v) is 2.63. The number of nitriles is 1. The zero-order chi connectivity index (χ0) is 14.5. The minimum Gasteiger partial charge on any atom is -0.495 e. The molecule has 1 heterocycles. The van der Waals surface area contributed by atoms with Crippen molar-refractivity contribution in [2.75, 3.05) is 18.2 Å². The number of carbonyl (C=O) groups is 1. The Morgan fingerprint density at radius 2 is 2.40 bits per heavy atom. The van der Waals surface area contributed by atoms with Crippen molar-refractivity contribution in [3.8, 4) is 11.8 Å². The molecule has 0 saturated carbocycles. The number of anilines is 2. The number of hydrogen-bond donors (Lipinski definition) is 2. The van der Waals surface area contributed by atoms with Gasteiger partial charge in [-0.05, 0) is 18.2 Å². The molecule has 3 N–H and O–H groups in total. The lowest BCUT2D eigenvalue weighted by Crippen LogP contribution is -2.19. The Bertz CT molecular complexity index is 672. The van der Waals surface area contributed by atoms with E-state index in [2.05, 4.69) is 10.3 Å². The molecule has 2 rings (SSSR count). The molecule has 0 spiro atoms. The van der Waals surface area contributed by atoms with Crippen LogP contribution in [0.15, 0.2) is 30.6 Å². The highest BCUT2D eigenvalue weighted by atomic mass is 16.5. The minimum absolute atomic E-state index is 0.0130. The first-order valence-corrected chi connectivity index (χ1v) is 5.78. The molecule has 7 nitrogen and oxygen atoms in total. The second-order valence-corrected chi connectivity index (χ2v) is 4.00. The number of imidazole rings is 1. The van der Waals surface area contributed by atoms with Crippen LogP contribution in [0.2, 0.25) is 0 Å². The number of nitrogens with zero attached hydrogens (tertiary/aromatic N) is 3. The number of carbonyl (C=O) groups excluding carboxylic acids is 1. The Balaban J connectivity index is 2.13. The second kappa shape index (κ2) is 5.75. The van der Waals surface area contributed by atoms with E-state index in [0.717, 1.165) is 0 Å². The van der Waals surface area contributed by atoms with Crippen molar-refractivity contribution >= 4 is 17.3 Å². The van der Waals surface area contributed by atoms with Crippen LogP contribution in [0.5, 0.6) is 5.75 Å². The van der Waals surface area contributed by atoms with E-state index in [-0.39, 0.29) is 18.3 Å². The van der Waals surface area contributed by atoms with Crippen molar-refractivity contribution in [3.63, 3.8) is 0 Å². The Kier molecular flexibility index (Phi) is 3.86. The van der Waals surface area contributed by atoms with E-state index in [9.17, 15) is 4.79 Å². The predicted molar refractivity (Wildman–Crippen MR) is 73.0 cm³/mol. The van der Waals surface area contributed by atoms with Crippen molar-refractivity contribution in [1.82, 2.24) is 9.55 Å². The average Bonchev–Trinajstić information content (AvgIpc) is 2.86. The molecule has 0 saturated heterocycles. The number of nitrogens with one attached hydrogen (secondary N) is 1. The molecule has 1 aromatic carbocycles. The zero-order valence-electron chi connectivity index (χ0n) is 10.8. The Morgan fingerprint density at radius 3 is 3.10 bits per heavy atom. The number of nitrogen functional groups attached to an aromatic ring is 1. The van der Waals surface area contributed by atoms with Crippen LogP contribution in [-0.4, -0.2) is 22.6 Å². The molecule has 1 aromatic heterocycles. The van der Waals surface area contributed by atoms with Gasteiger partial charge >= 0.3 is 0 Å². The lowest BCUT2D eigenvalue weighted by Gasteiger charge is -2.11. The summed E-state index contributed by atoms with van der Waals surface area (Å²) in [4.78, 5) is 15.8. The van der Waals surface area contributed by atoms with Gasteiger partial charge in [-0.2, -0.15) is 5.26 Å². The van der Waals surface area contributed by atoms with Crippen LogP contribution in [0.25, 0.3) is 0 Å². The molecule has 2 aromatic rings. The molecule has 102 valence electrons. The standard InChI is InChI=1S/C13H13N5O2/c1-20-11-3-2-9(15)6-10(11)17-13(19)8-18-5-4-16-12(18)7-14/h2-6H,8,15H2,1H3,(H,17,19). The smallest absolute Gasteiger partial charge is 0.244 e. The minimum atomic E-state index is -0.302. The number of methoxy groups -OCH3 is 1. The van der Waals surface area contributed by atoms with Gasteiger partial charge in [0.25, 0.3) is 0 Å². The van der Waals surface area contributed by atoms with Crippen LogP contribution in [0.3, 0.4) is 0 Å². The first-order valence-electron chi connectivity index (χ1n) is 5.78. The topological polar surface area (TPSA) is 106 Å². The van der Waals surface area contributed by atoms with Gasteiger partial charge in [-0.3, -0.25) is 4.79 Å². The van der Waals surface area contributed by atoms with Crippen LogP contribution in [0.4, 0.5) is 11.4 Å². The highest BCUT2D eigenvalue weighted by Crippen LogP contribution is 2.26. The largest absolute Gasteiger partial charge is 0.495 e. The van der Waals surface area contributed by atoms with Crippen molar-refractivity contribution in [2.24, 2.45) is 0 Å². The van der Waals surface area contributed by atoms with Crippen molar-refractivity contribution in [2.45, 2.75) is 6.54 Å². The number of ether oxygens (including phenoxy) is 1. The van der Waals surface area contributed by atoms with Crippen LogP contribution >= 0.6 is 0 Å². The number of benzene rings is 1. The fourth-order valence-electron chi connectivity index (χ4n) is 1.72. The fraction of sp³-hybridized carbons (Fsp3) is 0.154. The Labute approximate surface area is 115 Å². The van der Waals surface area contributed by atoms with Crippen LogP contribution in [0, 0.1) is 11.3 Å².